The number of nitrogens with one attached hydrogen (secondary N) is 2. The van der Waals surface area contributed by atoms with Gasteiger partial charge in [0, 0.05) is 12.0 Å². The maximum Gasteiger partial charge on any atom is 0.287 e. The van der Waals surface area contributed by atoms with Crippen molar-refractivity contribution in [3.63, 3.8) is 0 Å². The lowest BCUT2D eigenvalue weighted by molar-refractivity contribution is -0.0373. The van der Waals surface area contributed by atoms with Crippen LogP contribution in [0, 0.1) is 0 Å². The molecule has 5 N–H and O–H groups in total. The lowest BCUT2D eigenvalue weighted by atomic mass is 10.3. The largest absolute Gasteiger partial charge is 0.390 e. The zero-order chi connectivity index (χ0) is 13.2. The molecular formula is C10H15F2N5O. The molecule has 0 spiro atoms. The molecule has 0 radical (unpaired) electrons. The average molecular weight is 259 g/mol. The topological polar surface area (TPSA) is 96.1 Å². The third-order valence-electron chi connectivity index (χ3n) is 2.59. The third-order valence-corrected chi connectivity index (χ3v) is 2.59. The highest BCUT2D eigenvalue weighted by molar-refractivity contribution is 5.47. The van der Waals surface area contributed by atoms with Crippen molar-refractivity contribution in [2.75, 3.05) is 23.9 Å². The fourth-order valence-corrected chi connectivity index (χ4v) is 1.43. The molecule has 0 amide bonds. The van der Waals surface area contributed by atoms with Crippen LogP contribution >= 0.6 is 0 Å². The highest BCUT2D eigenvalue weighted by atomic mass is 19.3. The van der Waals surface area contributed by atoms with Gasteiger partial charge in [-0.2, -0.15) is 0 Å². The number of nitrogens with zero attached hydrogens (tertiary/aromatic N) is 2. The van der Waals surface area contributed by atoms with Gasteiger partial charge in [0.25, 0.3) is 5.92 Å². The quantitative estimate of drug-likeness (QED) is 0.443. The van der Waals surface area contributed by atoms with Gasteiger partial charge in [0.1, 0.15) is 24.1 Å². The number of halogens is 2. The number of anilines is 2. The van der Waals surface area contributed by atoms with Gasteiger partial charge in [0.15, 0.2) is 0 Å². The molecule has 1 fully saturated rings. The van der Waals surface area contributed by atoms with Crippen molar-refractivity contribution < 1.29 is 13.9 Å². The smallest absolute Gasteiger partial charge is 0.287 e. The number of aliphatic hydroxyl groups is 1. The molecule has 0 unspecified atom stereocenters. The molecule has 1 aliphatic carbocycles. The Morgan fingerprint density at radius 3 is 2.61 bits per heavy atom. The lowest BCUT2D eigenvalue weighted by Gasteiger charge is -2.15. The summed E-state index contributed by atoms with van der Waals surface area (Å²) in [6, 6.07) is 1.44. The Hall–Kier alpha value is -1.54. The monoisotopic (exact) mass is 259 g/mol. The summed E-state index contributed by atoms with van der Waals surface area (Å²) in [5.41, 5.74) is 2.37. The minimum absolute atomic E-state index is 0.271. The standard InChI is InChI=1S/C10H15F2N5O/c11-10(12,5-18)4-14-7-3-8(17-13)16-9(15-7)6-1-2-6/h3,6,18H,1-2,4-5,13H2,(H2,14,15,16,17). The van der Waals surface area contributed by atoms with E-state index in [9.17, 15) is 8.78 Å². The van der Waals surface area contributed by atoms with E-state index < -0.39 is 19.1 Å². The van der Waals surface area contributed by atoms with Crippen LogP contribution in [-0.4, -0.2) is 34.1 Å². The van der Waals surface area contributed by atoms with Crippen molar-refractivity contribution in [2.24, 2.45) is 5.84 Å². The third kappa shape index (κ3) is 3.23. The lowest BCUT2D eigenvalue weighted by Crippen LogP contribution is -2.31. The van der Waals surface area contributed by atoms with E-state index in [4.69, 9.17) is 10.9 Å². The van der Waals surface area contributed by atoms with Crippen LogP contribution in [0.25, 0.3) is 0 Å². The van der Waals surface area contributed by atoms with Gasteiger partial charge in [-0.05, 0) is 12.8 Å². The van der Waals surface area contributed by atoms with Crippen molar-refractivity contribution in [1.29, 1.82) is 0 Å². The molecule has 18 heavy (non-hydrogen) atoms. The number of rotatable bonds is 6. The number of hydrogen-bond donors (Lipinski definition) is 4. The van der Waals surface area contributed by atoms with Gasteiger partial charge >= 0.3 is 0 Å². The zero-order valence-corrected chi connectivity index (χ0v) is 9.66. The highest BCUT2D eigenvalue weighted by Gasteiger charge is 2.29. The van der Waals surface area contributed by atoms with Crippen molar-refractivity contribution in [3.05, 3.63) is 11.9 Å². The molecule has 1 heterocycles. The van der Waals surface area contributed by atoms with Gasteiger partial charge < -0.3 is 15.8 Å². The second kappa shape index (κ2) is 4.99. The molecule has 0 atom stereocenters. The minimum atomic E-state index is -3.18. The van der Waals surface area contributed by atoms with Crippen LogP contribution in [0.4, 0.5) is 20.4 Å². The van der Waals surface area contributed by atoms with Gasteiger partial charge in [-0.25, -0.2) is 24.6 Å². The molecule has 6 nitrogen and oxygen atoms in total. The molecule has 0 bridgehead atoms. The van der Waals surface area contributed by atoms with E-state index in [1.165, 1.54) is 6.07 Å². The van der Waals surface area contributed by atoms with Crippen LogP contribution in [0.3, 0.4) is 0 Å². The van der Waals surface area contributed by atoms with Crippen LogP contribution in [0.15, 0.2) is 6.07 Å². The Morgan fingerprint density at radius 1 is 1.39 bits per heavy atom. The summed E-state index contributed by atoms with van der Waals surface area (Å²) >= 11 is 0. The van der Waals surface area contributed by atoms with E-state index in [-0.39, 0.29) is 11.7 Å². The predicted molar refractivity (Wildman–Crippen MR) is 62.3 cm³/mol. The fourth-order valence-electron chi connectivity index (χ4n) is 1.43. The van der Waals surface area contributed by atoms with Gasteiger partial charge in [-0.1, -0.05) is 0 Å². The first-order valence-electron chi connectivity index (χ1n) is 5.62. The maximum atomic E-state index is 12.9. The summed E-state index contributed by atoms with van der Waals surface area (Å²) in [6.45, 7) is -1.89. The predicted octanol–water partition coefficient (Wildman–Crippen LogP) is 0.679. The first-order valence-corrected chi connectivity index (χ1v) is 5.62. The van der Waals surface area contributed by atoms with Crippen LogP contribution in [0.1, 0.15) is 24.6 Å². The molecular weight excluding hydrogens is 244 g/mol. The van der Waals surface area contributed by atoms with Crippen LogP contribution in [0.5, 0.6) is 0 Å². The van der Waals surface area contributed by atoms with Crippen LogP contribution in [-0.2, 0) is 0 Å². The summed E-state index contributed by atoms with van der Waals surface area (Å²) in [5.74, 6) is 3.61. The molecule has 0 saturated heterocycles. The maximum absolute atomic E-state index is 12.9. The van der Waals surface area contributed by atoms with Crippen molar-refractivity contribution in [2.45, 2.75) is 24.7 Å². The van der Waals surface area contributed by atoms with Crippen LogP contribution in [0.2, 0.25) is 0 Å². The number of nitrogens with two attached hydrogens (primary N) is 1. The summed E-state index contributed by atoms with van der Waals surface area (Å²) in [6.07, 6.45) is 2.00. The Morgan fingerprint density at radius 2 is 2.06 bits per heavy atom. The van der Waals surface area contributed by atoms with Gasteiger partial charge in [0.2, 0.25) is 0 Å². The highest BCUT2D eigenvalue weighted by Crippen LogP contribution is 2.38. The summed E-state index contributed by atoms with van der Waals surface area (Å²) in [4.78, 5) is 8.30. The minimum Gasteiger partial charge on any atom is -0.390 e. The number of hydrogen-bond acceptors (Lipinski definition) is 6. The van der Waals surface area contributed by atoms with E-state index in [1.54, 1.807) is 0 Å². The Kier molecular flexibility index (Phi) is 3.58. The van der Waals surface area contributed by atoms with E-state index in [1.807, 2.05) is 0 Å². The van der Waals surface area contributed by atoms with Gasteiger partial charge in [0.05, 0.1) is 6.54 Å². The number of aromatic nitrogens is 2. The molecule has 8 heteroatoms. The normalized spacial score (nSPS) is 15.6. The first kappa shape index (κ1) is 12.9. The van der Waals surface area contributed by atoms with Crippen molar-refractivity contribution in [3.8, 4) is 0 Å². The second-order valence-corrected chi connectivity index (χ2v) is 4.28. The molecule has 1 aliphatic rings. The summed E-state index contributed by atoms with van der Waals surface area (Å²) < 4.78 is 25.8. The average Bonchev–Trinajstić information content (AvgIpc) is 3.20. The van der Waals surface area contributed by atoms with E-state index >= 15 is 0 Å². The number of nitrogen functional groups attached to an aromatic ring is 1. The first-order chi connectivity index (χ1) is 8.54. The van der Waals surface area contributed by atoms with E-state index in [0.717, 1.165) is 12.8 Å². The van der Waals surface area contributed by atoms with Gasteiger partial charge in [-0.3, -0.25) is 0 Å². The van der Waals surface area contributed by atoms with Crippen LogP contribution < -0.4 is 16.6 Å². The Labute approximate surface area is 103 Å². The molecule has 1 aromatic heterocycles. The van der Waals surface area contributed by atoms with Crippen molar-refractivity contribution in [1.82, 2.24) is 9.97 Å². The number of hydrazine groups is 1. The zero-order valence-electron chi connectivity index (χ0n) is 9.66. The number of aliphatic hydroxyl groups excluding tert-OH is 1. The molecule has 0 aromatic carbocycles. The Bertz CT molecular complexity index is 425. The molecule has 2 rings (SSSR count). The van der Waals surface area contributed by atoms with Gasteiger partial charge in [-0.15, -0.1) is 0 Å². The van der Waals surface area contributed by atoms with E-state index in [2.05, 4.69) is 20.7 Å². The van der Waals surface area contributed by atoms with E-state index in [0.29, 0.717) is 11.6 Å². The molecule has 1 saturated carbocycles. The number of alkyl halides is 2. The Balaban J connectivity index is 2.09. The molecule has 0 aliphatic heterocycles. The molecule has 100 valence electrons. The molecule has 1 aromatic rings. The fraction of sp³-hybridized carbons (Fsp3) is 0.600. The summed E-state index contributed by atoms with van der Waals surface area (Å²) in [7, 11) is 0. The van der Waals surface area contributed by atoms with Crippen molar-refractivity contribution >= 4 is 11.6 Å². The second-order valence-electron chi connectivity index (χ2n) is 4.28. The summed E-state index contributed by atoms with van der Waals surface area (Å²) in [5, 5.41) is 10.9. The SMILES string of the molecule is NNc1cc(NCC(F)(F)CO)nc(C2CC2)n1.